The smallest absolute Gasteiger partial charge is 0.251 e. The molecule has 0 spiro atoms. The van der Waals surface area contributed by atoms with E-state index in [2.05, 4.69) is 41.8 Å². The fraction of sp³-hybridized carbons (Fsp3) is 0.348. The average molecular weight is 395 g/mol. The number of hydrogen-bond acceptors (Lipinski definition) is 4. The van der Waals surface area contributed by atoms with E-state index in [1.54, 1.807) is 7.11 Å². The van der Waals surface area contributed by atoms with Gasteiger partial charge in [0.05, 0.1) is 7.11 Å². The van der Waals surface area contributed by atoms with Gasteiger partial charge >= 0.3 is 0 Å². The number of amides is 1. The number of nitrogens with one attached hydrogen (secondary N) is 2. The number of thiophene rings is 1. The molecule has 0 unspecified atom stereocenters. The third kappa shape index (κ3) is 4.14. The van der Waals surface area contributed by atoms with Crippen LogP contribution in [0.1, 0.15) is 40.9 Å². The van der Waals surface area contributed by atoms with Crippen LogP contribution in [-0.4, -0.2) is 25.1 Å². The fourth-order valence-electron chi connectivity index (χ4n) is 4.00. The Morgan fingerprint density at radius 3 is 2.68 bits per heavy atom. The van der Waals surface area contributed by atoms with Crippen LogP contribution in [0.25, 0.3) is 10.1 Å². The molecular weight excluding hydrogens is 368 g/mol. The summed E-state index contributed by atoms with van der Waals surface area (Å²) in [6, 6.07) is 16.6. The topological polar surface area (TPSA) is 50.4 Å². The first-order chi connectivity index (χ1) is 13.6. The predicted octanol–water partition coefficient (Wildman–Crippen LogP) is 5.37. The maximum absolute atomic E-state index is 12.6. The number of methoxy groups -OCH3 is 1. The van der Waals surface area contributed by atoms with Crippen molar-refractivity contribution in [3.05, 3.63) is 59.0 Å². The van der Waals surface area contributed by atoms with E-state index in [1.807, 2.05) is 35.6 Å². The van der Waals surface area contributed by atoms with Crippen LogP contribution in [0, 0.1) is 6.92 Å². The zero-order chi connectivity index (χ0) is 19.5. The van der Waals surface area contributed by atoms with Crippen LogP contribution in [-0.2, 0) is 0 Å². The number of hydrogen-bond donors (Lipinski definition) is 2. The molecule has 0 saturated heterocycles. The summed E-state index contributed by atoms with van der Waals surface area (Å²) in [6.45, 7) is 2.15. The van der Waals surface area contributed by atoms with Gasteiger partial charge in [-0.15, -0.1) is 11.3 Å². The highest BCUT2D eigenvalue weighted by Gasteiger charge is 2.24. The molecule has 0 aliphatic heterocycles. The van der Waals surface area contributed by atoms with Crippen LogP contribution in [0.3, 0.4) is 0 Å². The predicted molar refractivity (Wildman–Crippen MR) is 117 cm³/mol. The summed E-state index contributed by atoms with van der Waals surface area (Å²) in [5, 5.41) is 8.25. The minimum atomic E-state index is -0.0103. The molecule has 1 fully saturated rings. The van der Waals surface area contributed by atoms with Gasteiger partial charge in [-0.2, -0.15) is 0 Å². The monoisotopic (exact) mass is 394 g/mol. The van der Waals surface area contributed by atoms with Crippen LogP contribution in [0.5, 0.6) is 5.75 Å². The van der Waals surface area contributed by atoms with Gasteiger partial charge in [-0.25, -0.2) is 0 Å². The van der Waals surface area contributed by atoms with Crippen LogP contribution >= 0.6 is 11.3 Å². The highest BCUT2D eigenvalue weighted by atomic mass is 32.1. The number of rotatable bonds is 5. The number of aryl methyl sites for hydroxylation is 1. The lowest BCUT2D eigenvalue weighted by Gasteiger charge is -2.31. The minimum Gasteiger partial charge on any atom is -0.497 e. The summed E-state index contributed by atoms with van der Waals surface area (Å²) < 4.78 is 6.48. The molecular formula is C23H26N2O2S. The fourth-order valence-corrected chi connectivity index (χ4v) is 4.95. The first kappa shape index (κ1) is 18.8. The van der Waals surface area contributed by atoms with E-state index in [0.717, 1.165) is 31.4 Å². The average Bonchev–Trinajstić information content (AvgIpc) is 3.10. The van der Waals surface area contributed by atoms with Gasteiger partial charge in [-0.05, 0) is 75.1 Å². The van der Waals surface area contributed by atoms with E-state index < -0.39 is 0 Å². The van der Waals surface area contributed by atoms with Gasteiger partial charge in [-0.3, -0.25) is 4.79 Å². The molecule has 1 aromatic heterocycles. The van der Waals surface area contributed by atoms with Crippen molar-refractivity contribution in [2.24, 2.45) is 0 Å². The summed E-state index contributed by atoms with van der Waals surface area (Å²) in [5.41, 5.74) is 1.88. The summed E-state index contributed by atoms with van der Waals surface area (Å²) in [4.78, 5) is 13.9. The lowest BCUT2D eigenvalue weighted by molar-refractivity contribution is 0.0926. The van der Waals surface area contributed by atoms with Crippen molar-refractivity contribution in [3.8, 4) is 5.75 Å². The quantitative estimate of drug-likeness (QED) is 0.611. The van der Waals surface area contributed by atoms with Crippen molar-refractivity contribution in [2.75, 3.05) is 12.4 Å². The number of benzene rings is 2. The van der Waals surface area contributed by atoms with Gasteiger partial charge in [0.25, 0.3) is 5.91 Å². The molecule has 5 heteroatoms. The molecule has 4 nitrogen and oxygen atoms in total. The highest BCUT2D eigenvalue weighted by molar-refractivity contribution is 7.19. The molecule has 1 heterocycles. The molecule has 1 saturated carbocycles. The van der Waals surface area contributed by atoms with E-state index in [4.69, 9.17) is 4.74 Å². The van der Waals surface area contributed by atoms with Gasteiger partial charge in [0.15, 0.2) is 0 Å². The van der Waals surface area contributed by atoms with Gasteiger partial charge in [0.2, 0.25) is 0 Å². The Labute approximate surface area is 169 Å². The Morgan fingerprint density at radius 2 is 1.89 bits per heavy atom. The van der Waals surface area contributed by atoms with Crippen LogP contribution in [0.2, 0.25) is 0 Å². The van der Waals surface area contributed by atoms with Gasteiger partial charge in [0, 0.05) is 38.3 Å². The van der Waals surface area contributed by atoms with Crippen LogP contribution in [0.15, 0.2) is 48.5 Å². The van der Waals surface area contributed by atoms with E-state index in [9.17, 15) is 4.79 Å². The van der Waals surface area contributed by atoms with Crippen molar-refractivity contribution in [1.82, 2.24) is 5.32 Å². The SMILES string of the molecule is COc1ccc(C(=O)N[C@@H]2CCC[C@H](Nc3cccc4sc(C)cc34)C2)cc1. The summed E-state index contributed by atoms with van der Waals surface area (Å²) >= 11 is 1.83. The molecule has 0 radical (unpaired) electrons. The van der Waals surface area contributed by atoms with Crippen LogP contribution < -0.4 is 15.4 Å². The molecule has 1 aliphatic carbocycles. The third-order valence-corrected chi connectivity index (χ3v) is 6.42. The number of carbonyl (C=O) groups excluding carboxylic acids is 1. The second-order valence-corrected chi connectivity index (χ2v) is 8.77. The molecule has 1 amide bonds. The van der Waals surface area contributed by atoms with Crippen molar-refractivity contribution in [3.63, 3.8) is 0 Å². The summed E-state index contributed by atoms with van der Waals surface area (Å²) in [7, 11) is 1.63. The van der Waals surface area contributed by atoms with Crippen molar-refractivity contribution in [2.45, 2.75) is 44.7 Å². The molecule has 28 heavy (non-hydrogen) atoms. The molecule has 0 bridgehead atoms. The Kier molecular flexibility index (Phi) is 5.53. The van der Waals surface area contributed by atoms with E-state index >= 15 is 0 Å². The van der Waals surface area contributed by atoms with Crippen LogP contribution in [0.4, 0.5) is 5.69 Å². The van der Waals surface area contributed by atoms with E-state index in [0.29, 0.717) is 11.6 Å². The van der Waals surface area contributed by atoms with E-state index in [1.165, 1.54) is 20.7 Å². The molecule has 1 aliphatic rings. The normalized spacial score (nSPS) is 19.4. The number of carbonyl (C=O) groups is 1. The summed E-state index contributed by atoms with van der Waals surface area (Å²) in [6.07, 6.45) is 4.22. The second-order valence-electron chi connectivity index (χ2n) is 7.48. The molecule has 2 atom stereocenters. The first-order valence-electron chi connectivity index (χ1n) is 9.83. The molecule has 4 rings (SSSR count). The lowest BCUT2D eigenvalue weighted by Crippen LogP contribution is -2.41. The zero-order valence-corrected chi connectivity index (χ0v) is 17.1. The number of anilines is 1. The first-order valence-corrected chi connectivity index (χ1v) is 10.6. The lowest BCUT2D eigenvalue weighted by atomic mass is 9.90. The Balaban J connectivity index is 1.40. The maximum atomic E-state index is 12.6. The van der Waals surface area contributed by atoms with Crippen molar-refractivity contribution < 1.29 is 9.53 Å². The van der Waals surface area contributed by atoms with Crippen molar-refractivity contribution in [1.29, 1.82) is 0 Å². The Hall–Kier alpha value is -2.53. The number of ether oxygens (including phenoxy) is 1. The van der Waals surface area contributed by atoms with Crippen molar-refractivity contribution >= 4 is 33.0 Å². The van der Waals surface area contributed by atoms with Gasteiger partial charge in [0.1, 0.15) is 5.75 Å². The third-order valence-electron chi connectivity index (χ3n) is 5.41. The number of fused-ring (bicyclic) bond motifs is 1. The zero-order valence-electron chi connectivity index (χ0n) is 16.3. The van der Waals surface area contributed by atoms with E-state index in [-0.39, 0.29) is 11.9 Å². The molecule has 146 valence electrons. The summed E-state index contributed by atoms with van der Waals surface area (Å²) in [5.74, 6) is 0.750. The molecule has 3 aromatic rings. The Morgan fingerprint density at radius 1 is 1.11 bits per heavy atom. The molecule has 2 N–H and O–H groups in total. The maximum Gasteiger partial charge on any atom is 0.251 e. The standard InChI is InChI=1S/C23H26N2O2S/c1-15-13-20-21(7-4-8-22(20)28-15)24-17-5-3-6-18(14-17)25-23(26)16-9-11-19(27-2)12-10-16/h4,7-13,17-18,24H,3,5-6,14H2,1-2H3,(H,25,26)/t17-,18+/m0/s1. The Bertz CT molecular complexity index is 964. The van der Waals surface area contributed by atoms with Gasteiger partial charge in [-0.1, -0.05) is 6.07 Å². The highest BCUT2D eigenvalue weighted by Crippen LogP contribution is 2.32. The van der Waals surface area contributed by atoms with Gasteiger partial charge < -0.3 is 15.4 Å². The second kappa shape index (κ2) is 8.23. The largest absolute Gasteiger partial charge is 0.497 e. The minimum absolute atomic E-state index is 0.0103. The molecule has 2 aromatic carbocycles.